The van der Waals surface area contributed by atoms with Gasteiger partial charge >= 0.3 is 0 Å². The van der Waals surface area contributed by atoms with Crippen molar-refractivity contribution in [3.05, 3.63) is 59.4 Å². The van der Waals surface area contributed by atoms with Gasteiger partial charge in [0.2, 0.25) is 0 Å². The average molecular weight is 259 g/mol. The number of aryl methyl sites for hydroxylation is 1. The SMILES string of the molecule is Cc1cccc(S(=O)c2cccc(F)c2C#N)c1. The van der Waals surface area contributed by atoms with Crippen LogP contribution in [-0.2, 0) is 10.8 Å². The van der Waals surface area contributed by atoms with Gasteiger partial charge in [0.1, 0.15) is 17.4 Å². The number of hydrogen-bond acceptors (Lipinski definition) is 2. The summed E-state index contributed by atoms with van der Waals surface area (Å²) in [6, 6.07) is 13.1. The summed E-state index contributed by atoms with van der Waals surface area (Å²) >= 11 is 0. The molecule has 0 bridgehead atoms. The Balaban J connectivity index is 2.54. The summed E-state index contributed by atoms with van der Waals surface area (Å²) < 4.78 is 25.8. The van der Waals surface area contributed by atoms with Crippen LogP contribution in [0.3, 0.4) is 0 Å². The minimum atomic E-state index is -1.54. The van der Waals surface area contributed by atoms with E-state index in [1.54, 1.807) is 24.3 Å². The standard InChI is InChI=1S/C14H10FNOS/c1-10-4-2-5-11(8-10)18(17)14-7-3-6-13(15)12(14)9-16/h2-8H,1H3. The summed E-state index contributed by atoms with van der Waals surface area (Å²) in [6.07, 6.45) is 0. The van der Waals surface area contributed by atoms with Crippen LogP contribution in [0.25, 0.3) is 0 Å². The van der Waals surface area contributed by atoms with Crippen LogP contribution in [0.2, 0.25) is 0 Å². The molecule has 0 aromatic heterocycles. The summed E-state index contributed by atoms with van der Waals surface area (Å²) in [7, 11) is -1.54. The molecule has 2 rings (SSSR count). The molecule has 0 aliphatic carbocycles. The highest BCUT2D eigenvalue weighted by atomic mass is 32.2. The van der Waals surface area contributed by atoms with E-state index in [1.807, 2.05) is 13.0 Å². The van der Waals surface area contributed by atoms with Gasteiger partial charge in [0.25, 0.3) is 0 Å². The van der Waals surface area contributed by atoms with Gasteiger partial charge in [-0.25, -0.2) is 8.60 Å². The zero-order chi connectivity index (χ0) is 13.1. The zero-order valence-corrected chi connectivity index (χ0v) is 10.5. The number of rotatable bonds is 2. The van der Waals surface area contributed by atoms with Crippen LogP contribution in [0.4, 0.5) is 4.39 Å². The third-order valence-corrected chi connectivity index (χ3v) is 3.91. The first-order valence-electron chi connectivity index (χ1n) is 5.30. The van der Waals surface area contributed by atoms with Crippen molar-refractivity contribution in [2.75, 3.05) is 0 Å². The summed E-state index contributed by atoms with van der Waals surface area (Å²) in [5.41, 5.74) is 0.813. The number of nitrogens with zero attached hydrogens (tertiary/aromatic N) is 1. The maximum Gasteiger partial charge on any atom is 0.142 e. The van der Waals surface area contributed by atoms with Crippen LogP contribution in [0.15, 0.2) is 52.3 Å². The lowest BCUT2D eigenvalue weighted by Crippen LogP contribution is -1.98. The maximum absolute atomic E-state index is 13.4. The fraction of sp³-hybridized carbons (Fsp3) is 0.0714. The third-order valence-electron chi connectivity index (χ3n) is 2.49. The molecule has 0 fully saturated rings. The van der Waals surface area contributed by atoms with Gasteiger partial charge in [-0.05, 0) is 36.8 Å². The Morgan fingerprint density at radius 3 is 2.61 bits per heavy atom. The highest BCUT2D eigenvalue weighted by Gasteiger charge is 2.15. The van der Waals surface area contributed by atoms with Crippen molar-refractivity contribution in [3.63, 3.8) is 0 Å². The molecule has 2 aromatic carbocycles. The molecule has 18 heavy (non-hydrogen) atoms. The van der Waals surface area contributed by atoms with Crippen molar-refractivity contribution in [1.82, 2.24) is 0 Å². The maximum atomic E-state index is 13.4. The smallest absolute Gasteiger partial charge is 0.142 e. The molecule has 1 unspecified atom stereocenters. The molecule has 0 amide bonds. The van der Waals surface area contributed by atoms with Gasteiger partial charge in [0.05, 0.1) is 15.7 Å². The highest BCUT2D eigenvalue weighted by Crippen LogP contribution is 2.22. The molecule has 0 saturated heterocycles. The molecular weight excluding hydrogens is 249 g/mol. The minimum Gasteiger partial charge on any atom is -0.249 e. The normalized spacial score (nSPS) is 11.8. The average Bonchev–Trinajstić information content (AvgIpc) is 2.37. The summed E-state index contributed by atoms with van der Waals surface area (Å²) in [6.45, 7) is 1.89. The Morgan fingerprint density at radius 1 is 1.22 bits per heavy atom. The first kappa shape index (κ1) is 12.5. The van der Waals surface area contributed by atoms with Crippen molar-refractivity contribution in [2.45, 2.75) is 16.7 Å². The Morgan fingerprint density at radius 2 is 1.94 bits per heavy atom. The molecule has 0 heterocycles. The van der Waals surface area contributed by atoms with Gasteiger partial charge in [-0.3, -0.25) is 0 Å². The lowest BCUT2D eigenvalue weighted by Gasteiger charge is -2.05. The monoisotopic (exact) mass is 259 g/mol. The van der Waals surface area contributed by atoms with E-state index in [2.05, 4.69) is 0 Å². The summed E-state index contributed by atoms with van der Waals surface area (Å²) in [5.74, 6) is -0.643. The van der Waals surface area contributed by atoms with Crippen molar-refractivity contribution in [2.24, 2.45) is 0 Å². The van der Waals surface area contributed by atoms with E-state index in [9.17, 15) is 8.60 Å². The molecule has 0 N–H and O–H groups in total. The van der Waals surface area contributed by atoms with E-state index in [4.69, 9.17) is 5.26 Å². The molecule has 2 aromatic rings. The van der Waals surface area contributed by atoms with E-state index in [-0.39, 0.29) is 10.5 Å². The second kappa shape index (κ2) is 5.11. The second-order valence-corrected chi connectivity index (χ2v) is 5.26. The predicted molar refractivity (Wildman–Crippen MR) is 67.0 cm³/mol. The van der Waals surface area contributed by atoms with Crippen molar-refractivity contribution < 1.29 is 8.60 Å². The van der Waals surface area contributed by atoms with Gasteiger partial charge in [-0.1, -0.05) is 18.2 Å². The molecule has 1 atom stereocenters. The molecule has 2 nitrogen and oxygen atoms in total. The Hall–Kier alpha value is -1.99. The van der Waals surface area contributed by atoms with Gasteiger partial charge in [0.15, 0.2) is 0 Å². The Labute approximate surface area is 107 Å². The number of benzene rings is 2. The molecule has 0 saturated carbocycles. The summed E-state index contributed by atoms with van der Waals surface area (Å²) in [4.78, 5) is 0.778. The molecule has 0 aliphatic rings. The first-order valence-corrected chi connectivity index (χ1v) is 6.45. The zero-order valence-electron chi connectivity index (χ0n) is 9.68. The van der Waals surface area contributed by atoms with Crippen molar-refractivity contribution >= 4 is 10.8 Å². The lowest BCUT2D eigenvalue weighted by atomic mass is 10.2. The topological polar surface area (TPSA) is 40.9 Å². The van der Waals surface area contributed by atoms with E-state index in [0.717, 1.165) is 5.56 Å². The number of halogens is 1. The first-order chi connectivity index (χ1) is 8.63. The Bertz CT molecular complexity index is 661. The van der Waals surface area contributed by atoms with Crippen molar-refractivity contribution in [1.29, 1.82) is 5.26 Å². The van der Waals surface area contributed by atoms with Gasteiger partial charge < -0.3 is 0 Å². The summed E-state index contributed by atoms with van der Waals surface area (Å²) in [5, 5.41) is 8.93. The molecule has 0 spiro atoms. The van der Waals surface area contributed by atoms with Crippen LogP contribution < -0.4 is 0 Å². The molecular formula is C14H10FNOS. The van der Waals surface area contributed by atoms with Gasteiger partial charge in [-0.15, -0.1) is 0 Å². The minimum absolute atomic E-state index is 0.155. The molecule has 90 valence electrons. The second-order valence-electron chi connectivity index (χ2n) is 3.81. The predicted octanol–water partition coefficient (Wildman–Crippen LogP) is 3.17. The van der Waals surface area contributed by atoms with Crippen LogP contribution in [0, 0.1) is 24.1 Å². The quantitative estimate of drug-likeness (QED) is 0.831. The van der Waals surface area contributed by atoms with E-state index >= 15 is 0 Å². The van der Waals surface area contributed by atoms with E-state index < -0.39 is 16.6 Å². The van der Waals surface area contributed by atoms with E-state index in [1.165, 1.54) is 18.2 Å². The van der Waals surface area contributed by atoms with Crippen LogP contribution in [0.5, 0.6) is 0 Å². The highest BCUT2D eigenvalue weighted by molar-refractivity contribution is 7.85. The lowest BCUT2D eigenvalue weighted by molar-refractivity contribution is 0.618. The Kier molecular flexibility index (Phi) is 3.54. The van der Waals surface area contributed by atoms with Crippen molar-refractivity contribution in [3.8, 4) is 6.07 Å². The largest absolute Gasteiger partial charge is 0.249 e. The fourth-order valence-corrected chi connectivity index (χ4v) is 2.90. The molecule has 4 heteroatoms. The number of hydrogen-bond donors (Lipinski definition) is 0. The molecule has 0 aliphatic heterocycles. The van der Waals surface area contributed by atoms with Crippen LogP contribution in [-0.4, -0.2) is 4.21 Å². The van der Waals surface area contributed by atoms with Gasteiger partial charge in [-0.2, -0.15) is 5.26 Å². The fourth-order valence-electron chi connectivity index (χ4n) is 1.62. The van der Waals surface area contributed by atoms with E-state index in [0.29, 0.717) is 4.90 Å². The third kappa shape index (κ3) is 2.31. The van der Waals surface area contributed by atoms with Gasteiger partial charge in [0, 0.05) is 4.90 Å². The van der Waals surface area contributed by atoms with Crippen LogP contribution in [0.1, 0.15) is 11.1 Å². The number of nitriles is 1. The molecule has 0 radical (unpaired) electrons. The van der Waals surface area contributed by atoms with Crippen LogP contribution >= 0.6 is 0 Å².